The van der Waals surface area contributed by atoms with E-state index in [4.69, 9.17) is 4.74 Å². The maximum Gasteiger partial charge on any atom is 0.573 e. The number of alkyl halides is 3. The molecular formula is C35H37F3N6O3S. The van der Waals surface area contributed by atoms with E-state index in [-0.39, 0.29) is 23.6 Å². The Morgan fingerprint density at radius 3 is 2.40 bits per heavy atom. The zero-order valence-electron chi connectivity index (χ0n) is 27.3. The Morgan fingerprint density at radius 1 is 1.02 bits per heavy atom. The summed E-state index contributed by atoms with van der Waals surface area (Å²) in [7, 11) is 1.64. The number of nitrogens with one attached hydrogen (secondary N) is 1. The number of methoxy groups -OCH3 is 1. The van der Waals surface area contributed by atoms with Gasteiger partial charge in [0.25, 0.3) is 0 Å². The lowest BCUT2D eigenvalue weighted by Crippen LogP contribution is -2.26. The standard InChI is InChI=1S/C35H37F3N6O3S/c1-22(2)30-17-16-29(46-5)19-31(30)44-24(4)20-48-34(44)41-33(45)39-18-6-7-23(3)25-8-10-26(11-9-25)32-40-21-43(42-32)27-12-14-28(15-13-27)47-35(36,37)38/h8-17,19-23H,6-7,18H2,1-5H3,(H,39,45). The Balaban J connectivity index is 1.15. The number of carbonyl (C=O) groups excluding carboxylic acids is 1. The molecule has 0 aliphatic heterocycles. The largest absolute Gasteiger partial charge is 0.573 e. The second-order valence-corrected chi connectivity index (χ2v) is 12.5. The van der Waals surface area contributed by atoms with Crippen molar-refractivity contribution in [2.45, 2.75) is 58.7 Å². The number of thiazole rings is 1. The lowest BCUT2D eigenvalue weighted by Gasteiger charge is -2.16. The number of aryl methyl sites for hydroxylation is 1. The van der Waals surface area contributed by atoms with Crippen molar-refractivity contribution in [2.24, 2.45) is 4.99 Å². The van der Waals surface area contributed by atoms with E-state index >= 15 is 0 Å². The van der Waals surface area contributed by atoms with Crippen LogP contribution in [0.5, 0.6) is 11.5 Å². The molecule has 9 nitrogen and oxygen atoms in total. The average Bonchev–Trinajstić information content (AvgIpc) is 3.69. The highest BCUT2D eigenvalue weighted by atomic mass is 32.1. The molecule has 48 heavy (non-hydrogen) atoms. The molecule has 1 N–H and O–H groups in total. The molecule has 5 aromatic rings. The maximum atomic E-state index is 12.8. The summed E-state index contributed by atoms with van der Waals surface area (Å²) in [6.07, 6.45) is -1.60. The van der Waals surface area contributed by atoms with Crippen molar-refractivity contribution in [3.8, 4) is 34.3 Å². The van der Waals surface area contributed by atoms with Crippen LogP contribution in [-0.2, 0) is 0 Å². The molecule has 2 heterocycles. The van der Waals surface area contributed by atoms with Gasteiger partial charge in [0.2, 0.25) is 0 Å². The van der Waals surface area contributed by atoms with Gasteiger partial charge in [-0.3, -0.25) is 4.57 Å². The molecule has 0 fully saturated rings. The summed E-state index contributed by atoms with van der Waals surface area (Å²) in [4.78, 5) is 22.2. The molecule has 1 unspecified atom stereocenters. The van der Waals surface area contributed by atoms with E-state index in [9.17, 15) is 18.0 Å². The second-order valence-electron chi connectivity index (χ2n) is 11.6. The molecule has 252 valence electrons. The molecular weight excluding hydrogens is 641 g/mol. The Hall–Kier alpha value is -4.91. The monoisotopic (exact) mass is 678 g/mol. The molecule has 0 aliphatic rings. The molecule has 5 rings (SSSR count). The quantitative estimate of drug-likeness (QED) is 0.142. The second kappa shape index (κ2) is 14.9. The van der Waals surface area contributed by atoms with E-state index < -0.39 is 6.36 Å². The minimum Gasteiger partial charge on any atom is -0.497 e. The lowest BCUT2D eigenvalue weighted by molar-refractivity contribution is -0.274. The zero-order valence-corrected chi connectivity index (χ0v) is 28.1. The number of carbonyl (C=O) groups is 1. The summed E-state index contributed by atoms with van der Waals surface area (Å²) < 4.78 is 50.2. The molecule has 0 spiro atoms. The van der Waals surface area contributed by atoms with Crippen LogP contribution in [0.25, 0.3) is 22.8 Å². The summed E-state index contributed by atoms with van der Waals surface area (Å²) in [5, 5.41) is 9.39. The summed E-state index contributed by atoms with van der Waals surface area (Å²) in [5.41, 5.74) is 5.58. The van der Waals surface area contributed by atoms with Crippen molar-refractivity contribution >= 4 is 17.4 Å². The highest BCUT2D eigenvalue weighted by Gasteiger charge is 2.31. The lowest BCUT2D eigenvalue weighted by atomic mass is 9.95. The van der Waals surface area contributed by atoms with Gasteiger partial charge in [-0.2, -0.15) is 4.99 Å². The molecule has 2 aromatic heterocycles. The fourth-order valence-corrected chi connectivity index (χ4v) is 6.14. The van der Waals surface area contributed by atoms with Crippen LogP contribution < -0.4 is 19.6 Å². The Kier molecular flexibility index (Phi) is 10.7. The first-order valence-corrected chi connectivity index (χ1v) is 16.4. The van der Waals surface area contributed by atoms with Gasteiger partial charge in [-0.05, 0) is 73.1 Å². The molecule has 13 heteroatoms. The smallest absolute Gasteiger partial charge is 0.497 e. The number of benzene rings is 3. The third-order valence-corrected chi connectivity index (χ3v) is 8.77. The van der Waals surface area contributed by atoms with E-state index in [1.165, 1.54) is 46.6 Å². The first kappa shape index (κ1) is 34.4. The predicted molar refractivity (Wildman–Crippen MR) is 179 cm³/mol. The van der Waals surface area contributed by atoms with Crippen LogP contribution in [0.2, 0.25) is 0 Å². The van der Waals surface area contributed by atoms with Crippen LogP contribution in [0.4, 0.5) is 18.0 Å². The SMILES string of the molecule is COc1ccc(C(C)C)c(-n2c(C)csc2=NC(=O)NCCCC(C)c2ccc(-c3ncn(-c4ccc(OC(F)(F)F)cc4)n3)cc2)c1. The van der Waals surface area contributed by atoms with E-state index in [0.29, 0.717) is 22.9 Å². The van der Waals surface area contributed by atoms with Gasteiger partial charge in [0, 0.05) is 29.2 Å². The van der Waals surface area contributed by atoms with Gasteiger partial charge >= 0.3 is 12.4 Å². The summed E-state index contributed by atoms with van der Waals surface area (Å²) in [6, 6.07) is 18.9. The van der Waals surface area contributed by atoms with Gasteiger partial charge in [-0.25, -0.2) is 14.5 Å². The minimum absolute atomic E-state index is 0.250. The summed E-state index contributed by atoms with van der Waals surface area (Å²) in [6.45, 7) is 8.89. The summed E-state index contributed by atoms with van der Waals surface area (Å²) >= 11 is 1.42. The van der Waals surface area contributed by atoms with Gasteiger partial charge in [-0.1, -0.05) is 51.1 Å². The molecule has 0 saturated heterocycles. The number of aromatic nitrogens is 4. The van der Waals surface area contributed by atoms with E-state index in [1.54, 1.807) is 7.11 Å². The van der Waals surface area contributed by atoms with Crippen LogP contribution in [0.15, 0.2) is 83.4 Å². The van der Waals surface area contributed by atoms with Gasteiger partial charge in [0.1, 0.15) is 17.8 Å². The molecule has 2 amide bonds. The Labute approximate surface area is 280 Å². The van der Waals surface area contributed by atoms with Crippen molar-refractivity contribution in [3.63, 3.8) is 0 Å². The number of urea groups is 1. The van der Waals surface area contributed by atoms with Crippen LogP contribution in [0, 0.1) is 6.92 Å². The highest BCUT2D eigenvalue weighted by Crippen LogP contribution is 2.29. The molecule has 0 aliphatic carbocycles. The first-order valence-electron chi connectivity index (χ1n) is 15.5. The molecule has 0 saturated carbocycles. The van der Waals surface area contributed by atoms with Gasteiger partial charge in [0.05, 0.1) is 18.5 Å². The third kappa shape index (κ3) is 8.51. The highest BCUT2D eigenvalue weighted by molar-refractivity contribution is 7.07. The van der Waals surface area contributed by atoms with Crippen LogP contribution in [0.1, 0.15) is 62.3 Å². The fourth-order valence-electron chi connectivity index (χ4n) is 5.27. The number of hydrogen-bond acceptors (Lipinski definition) is 6. The number of rotatable bonds is 11. The van der Waals surface area contributed by atoms with E-state index in [1.807, 2.05) is 53.3 Å². The van der Waals surface area contributed by atoms with Crippen molar-refractivity contribution in [1.29, 1.82) is 0 Å². The van der Waals surface area contributed by atoms with Crippen molar-refractivity contribution < 1.29 is 27.4 Å². The number of hydrogen-bond donors (Lipinski definition) is 1. The molecule has 1 atom stereocenters. The fraction of sp³-hybridized carbons (Fsp3) is 0.314. The van der Waals surface area contributed by atoms with Crippen LogP contribution in [0.3, 0.4) is 0 Å². The normalized spacial score (nSPS) is 12.7. The van der Waals surface area contributed by atoms with Crippen LogP contribution in [-0.4, -0.2) is 45.4 Å². The minimum atomic E-state index is -4.75. The Bertz CT molecular complexity index is 1910. The number of nitrogens with zero attached hydrogens (tertiary/aromatic N) is 5. The zero-order chi connectivity index (χ0) is 34.4. The molecule has 0 radical (unpaired) electrons. The molecule has 3 aromatic carbocycles. The number of amides is 2. The third-order valence-electron chi connectivity index (χ3n) is 7.83. The van der Waals surface area contributed by atoms with Crippen LogP contribution >= 0.6 is 11.3 Å². The topological polar surface area (TPSA) is 95.6 Å². The molecule has 0 bridgehead atoms. The number of ether oxygens (including phenoxy) is 2. The van der Waals surface area contributed by atoms with Gasteiger partial charge in [-0.15, -0.1) is 29.6 Å². The Morgan fingerprint density at radius 2 is 1.73 bits per heavy atom. The van der Waals surface area contributed by atoms with Gasteiger partial charge < -0.3 is 14.8 Å². The predicted octanol–water partition coefficient (Wildman–Crippen LogP) is 8.32. The first-order chi connectivity index (χ1) is 22.9. The van der Waals surface area contributed by atoms with Gasteiger partial charge in [0.15, 0.2) is 10.6 Å². The van der Waals surface area contributed by atoms with E-state index in [2.05, 4.69) is 52.0 Å². The average molecular weight is 679 g/mol. The summed E-state index contributed by atoms with van der Waals surface area (Å²) in [5.74, 6) is 1.45. The van der Waals surface area contributed by atoms with Crippen molar-refractivity contribution in [1.82, 2.24) is 24.6 Å². The maximum absolute atomic E-state index is 12.8. The van der Waals surface area contributed by atoms with Crippen molar-refractivity contribution in [2.75, 3.05) is 13.7 Å². The van der Waals surface area contributed by atoms with E-state index in [0.717, 1.165) is 46.7 Å². The van der Waals surface area contributed by atoms with Crippen molar-refractivity contribution in [3.05, 3.63) is 100 Å². The number of halogens is 3.